The molecular weight excluding hydrogens is 380 g/mol. The molecule has 1 aromatic heterocycles. The van der Waals surface area contributed by atoms with Crippen LogP contribution in [0.2, 0.25) is 0 Å². The lowest BCUT2D eigenvalue weighted by atomic mass is 9.95. The third kappa shape index (κ3) is 6.53. The van der Waals surface area contributed by atoms with Crippen molar-refractivity contribution in [2.75, 3.05) is 11.4 Å². The van der Waals surface area contributed by atoms with Gasteiger partial charge in [-0.15, -0.1) is 0 Å². The predicted molar refractivity (Wildman–Crippen MR) is 121 cm³/mol. The zero-order valence-electron chi connectivity index (χ0n) is 18.0. The lowest BCUT2D eigenvalue weighted by Gasteiger charge is -2.28. The summed E-state index contributed by atoms with van der Waals surface area (Å²) in [6.07, 6.45) is 8.28. The molecular formula is C23H34N4OS. The number of hydrogen-bond donors (Lipinski definition) is 1. The zero-order chi connectivity index (χ0) is 20.6. The normalized spacial score (nSPS) is 15.8. The molecule has 5 nitrogen and oxygen atoms in total. The Kier molecular flexibility index (Phi) is 8.04. The van der Waals surface area contributed by atoms with Crippen LogP contribution in [0.1, 0.15) is 75.7 Å². The van der Waals surface area contributed by atoms with Gasteiger partial charge in [0.1, 0.15) is 5.82 Å². The monoisotopic (exact) mass is 414 g/mol. The maximum Gasteiger partial charge on any atom is 0.221 e. The summed E-state index contributed by atoms with van der Waals surface area (Å²) in [4.78, 5) is 19.5. The van der Waals surface area contributed by atoms with E-state index in [-0.39, 0.29) is 5.91 Å². The van der Waals surface area contributed by atoms with Crippen LogP contribution in [-0.2, 0) is 11.2 Å². The minimum absolute atomic E-state index is 0.162. The van der Waals surface area contributed by atoms with Crippen LogP contribution in [0.3, 0.4) is 0 Å². The van der Waals surface area contributed by atoms with E-state index in [0.29, 0.717) is 25.0 Å². The lowest BCUT2D eigenvalue weighted by molar-refractivity contribution is -0.121. The number of aryl methyl sites for hydroxylation is 1. The Bertz CT molecular complexity index is 767. The summed E-state index contributed by atoms with van der Waals surface area (Å²) in [5.74, 6) is 1.02. The second kappa shape index (κ2) is 10.7. The number of carbonyl (C=O) groups excluding carboxylic acids is 1. The number of rotatable bonds is 9. The molecule has 6 heteroatoms. The molecule has 29 heavy (non-hydrogen) atoms. The molecule has 1 atom stereocenters. The van der Waals surface area contributed by atoms with Gasteiger partial charge >= 0.3 is 0 Å². The molecule has 0 aliphatic heterocycles. The maximum atomic E-state index is 12.5. The van der Waals surface area contributed by atoms with E-state index in [1.54, 1.807) is 0 Å². The molecule has 158 valence electrons. The molecule has 1 aliphatic carbocycles. The number of hydrogen-bond acceptors (Lipinski definition) is 5. The second-order valence-electron chi connectivity index (χ2n) is 8.26. The van der Waals surface area contributed by atoms with Gasteiger partial charge in [-0.05, 0) is 38.7 Å². The van der Waals surface area contributed by atoms with Crippen LogP contribution in [0, 0.1) is 6.92 Å². The summed E-state index contributed by atoms with van der Waals surface area (Å²) < 4.78 is 4.58. The van der Waals surface area contributed by atoms with Crippen LogP contribution in [-0.4, -0.2) is 33.9 Å². The highest BCUT2D eigenvalue weighted by atomic mass is 32.1. The standard InChI is InChI=1S/C23H34N4OS/c1-4-18(3)27(15-14-22(28)24-20-8-6-5-7-9-20)23-25-21(26-29-23)16-19-12-10-17(2)11-13-19/h10-13,18,20H,4-9,14-16H2,1-3H3,(H,24,28)/t18-/m0/s1. The first-order valence-corrected chi connectivity index (χ1v) is 11.8. The first-order chi connectivity index (χ1) is 14.0. The summed E-state index contributed by atoms with van der Waals surface area (Å²) in [6.45, 7) is 7.15. The van der Waals surface area contributed by atoms with E-state index in [0.717, 1.165) is 36.6 Å². The SMILES string of the molecule is CC[C@H](C)N(CCC(=O)NC1CCCCC1)c1nc(Cc2ccc(C)cc2)ns1. The van der Waals surface area contributed by atoms with Crippen molar-refractivity contribution in [1.29, 1.82) is 0 Å². The van der Waals surface area contributed by atoms with E-state index in [4.69, 9.17) is 4.98 Å². The highest BCUT2D eigenvalue weighted by Gasteiger charge is 2.20. The molecule has 1 saturated carbocycles. The molecule has 0 saturated heterocycles. The fourth-order valence-electron chi connectivity index (χ4n) is 3.82. The van der Waals surface area contributed by atoms with E-state index in [1.165, 1.54) is 41.9 Å². The largest absolute Gasteiger partial charge is 0.353 e. The summed E-state index contributed by atoms with van der Waals surface area (Å²) >= 11 is 1.44. The van der Waals surface area contributed by atoms with Crippen molar-refractivity contribution in [2.24, 2.45) is 0 Å². The molecule has 1 amide bonds. The van der Waals surface area contributed by atoms with Crippen molar-refractivity contribution in [3.8, 4) is 0 Å². The summed E-state index contributed by atoms with van der Waals surface area (Å²) in [6, 6.07) is 9.22. The van der Waals surface area contributed by atoms with E-state index >= 15 is 0 Å². The number of aromatic nitrogens is 2. The van der Waals surface area contributed by atoms with Gasteiger partial charge in [0.2, 0.25) is 11.0 Å². The second-order valence-corrected chi connectivity index (χ2v) is 8.99. The summed E-state index contributed by atoms with van der Waals surface area (Å²) in [5, 5.41) is 4.15. The van der Waals surface area contributed by atoms with Gasteiger partial charge in [-0.25, -0.2) is 4.98 Å². The average Bonchev–Trinajstić information content (AvgIpc) is 3.18. The summed E-state index contributed by atoms with van der Waals surface area (Å²) in [7, 11) is 0. The molecule has 2 aromatic rings. The Morgan fingerprint density at radius 3 is 2.66 bits per heavy atom. The highest BCUT2D eigenvalue weighted by Crippen LogP contribution is 2.23. The molecule has 0 spiro atoms. The van der Waals surface area contributed by atoms with Gasteiger partial charge < -0.3 is 10.2 Å². The first-order valence-electron chi connectivity index (χ1n) is 11.0. The van der Waals surface area contributed by atoms with Crippen LogP contribution < -0.4 is 10.2 Å². The molecule has 0 unspecified atom stereocenters. The molecule has 0 radical (unpaired) electrons. The molecule has 1 aromatic carbocycles. The van der Waals surface area contributed by atoms with Crippen LogP contribution in [0.4, 0.5) is 5.13 Å². The van der Waals surface area contributed by atoms with Crippen molar-refractivity contribution in [3.05, 3.63) is 41.2 Å². The van der Waals surface area contributed by atoms with Gasteiger partial charge in [-0.1, -0.05) is 56.0 Å². The summed E-state index contributed by atoms with van der Waals surface area (Å²) in [5.41, 5.74) is 2.48. The lowest BCUT2D eigenvalue weighted by Crippen LogP contribution is -2.40. The van der Waals surface area contributed by atoms with Crippen molar-refractivity contribution in [2.45, 2.75) is 84.2 Å². The Labute approximate surface area is 179 Å². The third-order valence-electron chi connectivity index (χ3n) is 5.86. The highest BCUT2D eigenvalue weighted by molar-refractivity contribution is 7.09. The molecule has 3 rings (SSSR count). The molecule has 1 fully saturated rings. The Morgan fingerprint density at radius 2 is 1.97 bits per heavy atom. The molecule has 1 aliphatic rings. The predicted octanol–water partition coefficient (Wildman–Crippen LogP) is 4.88. The fraction of sp³-hybridized carbons (Fsp3) is 0.609. The zero-order valence-corrected chi connectivity index (χ0v) is 18.8. The molecule has 1 N–H and O–H groups in total. The van der Waals surface area contributed by atoms with Crippen LogP contribution in [0.15, 0.2) is 24.3 Å². The molecule has 0 bridgehead atoms. The number of amides is 1. The fourth-order valence-corrected chi connectivity index (χ4v) is 4.63. The van der Waals surface area contributed by atoms with Gasteiger partial charge in [0.15, 0.2) is 0 Å². The number of anilines is 1. The van der Waals surface area contributed by atoms with E-state index in [2.05, 4.69) is 59.6 Å². The van der Waals surface area contributed by atoms with Gasteiger partial charge in [0, 0.05) is 43.0 Å². The smallest absolute Gasteiger partial charge is 0.221 e. The van der Waals surface area contributed by atoms with Gasteiger partial charge in [-0.3, -0.25) is 4.79 Å². The Balaban J connectivity index is 1.58. The quantitative estimate of drug-likeness (QED) is 0.635. The van der Waals surface area contributed by atoms with Crippen molar-refractivity contribution in [3.63, 3.8) is 0 Å². The minimum atomic E-state index is 0.162. The van der Waals surface area contributed by atoms with Crippen molar-refractivity contribution >= 4 is 22.6 Å². The number of nitrogens with one attached hydrogen (secondary N) is 1. The average molecular weight is 415 g/mol. The maximum absolute atomic E-state index is 12.5. The number of carbonyl (C=O) groups is 1. The van der Waals surface area contributed by atoms with Gasteiger partial charge in [0.25, 0.3) is 0 Å². The number of benzene rings is 1. The topological polar surface area (TPSA) is 58.1 Å². The first kappa shape index (κ1) is 21.8. The Morgan fingerprint density at radius 1 is 1.24 bits per heavy atom. The van der Waals surface area contributed by atoms with Gasteiger partial charge in [0.05, 0.1) is 0 Å². The van der Waals surface area contributed by atoms with Crippen LogP contribution in [0.25, 0.3) is 0 Å². The minimum Gasteiger partial charge on any atom is -0.353 e. The van der Waals surface area contributed by atoms with Crippen LogP contribution in [0.5, 0.6) is 0 Å². The van der Waals surface area contributed by atoms with Crippen molar-refractivity contribution in [1.82, 2.24) is 14.7 Å². The number of nitrogens with zero attached hydrogens (tertiary/aromatic N) is 3. The van der Waals surface area contributed by atoms with Gasteiger partial charge in [-0.2, -0.15) is 4.37 Å². The van der Waals surface area contributed by atoms with Crippen molar-refractivity contribution < 1.29 is 4.79 Å². The third-order valence-corrected chi connectivity index (χ3v) is 6.65. The molecule has 1 heterocycles. The van der Waals surface area contributed by atoms with E-state index < -0.39 is 0 Å². The van der Waals surface area contributed by atoms with E-state index in [9.17, 15) is 4.79 Å². The van der Waals surface area contributed by atoms with Crippen LogP contribution >= 0.6 is 11.5 Å². The van der Waals surface area contributed by atoms with E-state index in [1.807, 2.05) is 0 Å². The Hall–Kier alpha value is -1.95.